The number of rotatable bonds is 36. The average molecular weight is 661 g/mol. The van der Waals surface area contributed by atoms with Crippen molar-refractivity contribution in [2.24, 2.45) is 0 Å². The Morgan fingerprint density at radius 3 is 1.36 bits per heavy atom. The molecule has 0 aliphatic rings. The predicted octanol–water partition coefficient (Wildman–Crippen LogP) is 12.5. The van der Waals surface area contributed by atoms with Crippen LogP contribution in [0.3, 0.4) is 0 Å². The molecule has 0 aliphatic carbocycles. The Balaban J connectivity index is 3.51. The van der Waals surface area contributed by atoms with Crippen LogP contribution in [0, 0.1) is 0 Å². The molecule has 47 heavy (non-hydrogen) atoms. The summed E-state index contributed by atoms with van der Waals surface area (Å²) in [4.78, 5) is 24.2. The average Bonchev–Trinajstić information content (AvgIpc) is 3.07. The summed E-state index contributed by atoms with van der Waals surface area (Å²) in [5, 5.41) is 9.53. The van der Waals surface area contributed by atoms with Crippen molar-refractivity contribution in [2.75, 3.05) is 13.2 Å². The molecule has 0 amide bonds. The molecule has 0 bridgehead atoms. The van der Waals surface area contributed by atoms with E-state index in [-0.39, 0.29) is 25.2 Å². The van der Waals surface area contributed by atoms with Gasteiger partial charge in [0.25, 0.3) is 0 Å². The lowest BCUT2D eigenvalue weighted by Gasteiger charge is -2.15. The van der Waals surface area contributed by atoms with Crippen LogP contribution in [0.4, 0.5) is 0 Å². The molecule has 5 nitrogen and oxygen atoms in total. The summed E-state index contributed by atoms with van der Waals surface area (Å²) in [5.41, 5.74) is 0. The van der Waals surface area contributed by atoms with Gasteiger partial charge in [0.05, 0.1) is 6.61 Å². The number of esters is 2. The van der Waals surface area contributed by atoms with Crippen LogP contribution >= 0.6 is 0 Å². The minimum absolute atomic E-state index is 0.0700. The first-order valence-corrected chi connectivity index (χ1v) is 20.0. The van der Waals surface area contributed by atoms with Gasteiger partial charge in [-0.15, -0.1) is 0 Å². The lowest BCUT2D eigenvalue weighted by Crippen LogP contribution is -2.28. The van der Waals surface area contributed by atoms with Crippen LogP contribution in [0.15, 0.2) is 36.5 Å². The Bertz CT molecular complexity index is 756. The normalized spacial score (nSPS) is 12.5. The van der Waals surface area contributed by atoms with Crippen molar-refractivity contribution in [3.8, 4) is 0 Å². The van der Waals surface area contributed by atoms with Crippen LogP contribution in [-0.4, -0.2) is 36.4 Å². The number of allylic oxidation sites excluding steroid dienone is 6. The highest BCUT2D eigenvalue weighted by Crippen LogP contribution is 2.14. The number of aliphatic hydroxyl groups excluding tert-OH is 1. The van der Waals surface area contributed by atoms with Gasteiger partial charge in [-0.2, -0.15) is 0 Å². The van der Waals surface area contributed by atoms with E-state index < -0.39 is 6.10 Å². The standard InChI is InChI=1S/C42H76O5/c1-3-5-7-9-11-13-15-16-17-18-19-20-21-22-23-24-25-26-27-29-31-33-35-37-42(45)47-40(38-43)39-46-41(44)36-34-32-30-28-14-12-10-8-6-4-2/h8,10,15-16,18-19,40,43H,3-7,9,11-14,17,20-39H2,1-2H3/b10-8-,16-15-,19-18-. The zero-order chi connectivity index (χ0) is 34.3. The van der Waals surface area contributed by atoms with E-state index in [2.05, 4.69) is 50.3 Å². The molecule has 0 fully saturated rings. The van der Waals surface area contributed by atoms with Gasteiger partial charge < -0.3 is 14.6 Å². The third-order valence-corrected chi connectivity index (χ3v) is 8.64. The van der Waals surface area contributed by atoms with Gasteiger partial charge in [-0.1, -0.05) is 159 Å². The molecule has 5 heteroatoms. The second-order valence-corrected chi connectivity index (χ2v) is 13.4. The SMILES string of the molecule is CCC/C=C\CCCCCCCC(=O)OCC(CO)OC(=O)CCCCCCCCCCCCC/C=C\C/C=C\CCCCCCC. The van der Waals surface area contributed by atoms with E-state index >= 15 is 0 Å². The van der Waals surface area contributed by atoms with Crippen LogP contribution in [0.1, 0.15) is 200 Å². The zero-order valence-electron chi connectivity index (χ0n) is 31.0. The molecular formula is C42H76O5. The fourth-order valence-corrected chi connectivity index (χ4v) is 5.59. The van der Waals surface area contributed by atoms with Gasteiger partial charge in [0.1, 0.15) is 6.61 Å². The summed E-state index contributed by atoms with van der Waals surface area (Å²) in [5.74, 6) is -0.604. The number of hydrogen-bond acceptors (Lipinski definition) is 5. The van der Waals surface area contributed by atoms with Gasteiger partial charge in [-0.25, -0.2) is 0 Å². The molecule has 0 aromatic carbocycles. The lowest BCUT2D eigenvalue weighted by atomic mass is 10.0. The number of unbranched alkanes of at least 4 members (excludes halogenated alkanes) is 22. The molecule has 0 saturated heterocycles. The minimum Gasteiger partial charge on any atom is -0.462 e. The van der Waals surface area contributed by atoms with Crippen molar-refractivity contribution in [3.63, 3.8) is 0 Å². The van der Waals surface area contributed by atoms with Crippen molar-refractivity contribution in [1.82, 2.24) is 0 Å². The molecule has 0 aromatic heterocycles. The maximum Gasteiger partial charge on any atom is 0.306 e. The summed E-state index contributed by atoms with van der Waals surface area (Å²) in [7, 11) is 0. The third-order valence-electron chi connectivity index (χ3n) is 8.64. The number of carbonyl (C=O) groups excluding carboxylic acids is 2. The molecule has 1 unspecified atom stereocenters. The highest BCUT2D eigenvalue weighted by atomic mass is 16.6. The first kappa shape index (κ1) is 45.1. The predicted molar refractivity (Wildman–Crippen MR) is 201 cm³/mol. The van der Waals surface area contributed by atoms with Crippen LogP contribution < -0.4 is 0 Å². The maximum absolute atomic E-state index is 12.2. The molecule has 0 rings (SSSR count). The first-order chi connectivity index (χ1) is 23.1. The number of ether oxygens (including phenoxy) is 2. The minimum atomic E-state index is -0.773. The molecule has 274 valence electrons. The van der Waals surface area contributed by atoms with E-state index in [0.29, 0.717) is 12.8 Å². The van der Waals surface area contributed by atoms with Crippen LogP contribution in [0.2, 0.25) is 0 Å². The van der Waals surface area contributed by atoms with Gasteiger partial charge in [0.15, 0.2) is 6.10 Å². The summed E-state index contributed by atoms with van der Waals surface area (Å²) < 4.78 is 10.6. The van der Waals surface area contributed by atoms with E-state index in [1.807, 2.05) is 0 Å². The quantitative estimate of drug-likeness (QED) is 0.0411. The lowest BCUT2D eigenvalue weighted by molar-refractivity contribution is -0.161. The van der Waals surface area contributed by atoms with Gasteiger partial charge >= 0.3 is 11.9 Å². The highest BCUT2D eigenvalue weighted by molar-refractivity contribution is 5.70. The third kappa shape index (κ3) is 36.8. The molecule has 0 spiro atoms. The second-order valence-electron chi connectivity index (χ2n) is 13.4. The summed E-state index contributed by atoms with van der Waals surface area (Å²) in [6.45, 7) is 4.05. The van der Waals surface area contributed by atoms with Gasteiger partial charge in [0, 0.05) is 12.8 Å². The van der Waals surface area contributed by atoms with E-state index in [9.17, 15) is 14.7 Å². The van der Waals surface area contributed by atoms with E-state index in [4.69, 9.17) is 9.47 Å². The van der Waals surface area contributed by atoms with Crippen molar-refractivity contribution in [1.29, 1.82) is 0 Å². The van der Waals surface area contributed by atoms with Crippen LogP contribution in [-0.2, 0) is 19.1 Å². The zero-order valence-corrected chi connectivity index (χ0v) is 31.0. The van der Waals surface area contributed by atoms with Crippen molar-refractivity contribution >= 4 is 11.9 Å². The monoisotopic (exact) mass is 661 g/mol. The Morgan fingerprint density at radius 2 is 0.894 bits per heavy atom. The van der Waals surface area contributed by atoms with E-state index in [0.717, 1.165) is 57.8 Å². The summed E-state index contributed by atoms with van der Waals surface area (Å²) in [6, 6.07) is 0. The van der Waals surface area contributed by atoms with Crippen molar-refractivity contribution in [2.45, 2.75) is 206 Å². The molecule has 0 radical (unpaired) electrons. The molecule has 1 N–H and O–H groups in total. The molecule has 0 aromatic rings. The highest BCUT2D eigenvalue weighted by Gasteiger charge is 2.16. The second kappa shape index (κ2) is 38.6. The molecular weight excluding hydrogens is 584 g/mol. The molecule has 0 heterocycles. The van der Waals surface area contributed by atoms with Gasteiger partial charge in [0.2, 0.25) is 0 Å². The van der Waals surface area contributed by atoms with Gasteiger partial charge in [-0.05, 0) is 64.2 Å². The Kier molecular flexibility index (Phi) is 37.0. The summed E-state index contributed by atoms with van der Waals surface area (Å²) in [6.07, 6.45) is 46.4. The number of aliphatic hydroxyl groups is 1. The van der Waals surface area contributed by atoms with Crippen LogP contribution in [0.25, 0.3) is 0 Å². The molecule has 0 saturated carbocycles. The Morgan fingerprint density at radius 1 is 0.489 bits per heavy atom. The maximum atomic E-state index is 12.2. The fraction of sp³-hybridized carbons (Fsp3) is 0.810. The largest absolute Gasteiger partial charge is 0.462 e. The molecule has 0 aliphatic heterocycles. The summed E-state index contributed by atoms with van der Waals surface area (Å²) >= 11 is 0. The van der Waals surface area contributed by atoms with Crippen molar-refractivity contribution < 1.29 is 24.2 Å². The Hall–Kier alpha value is -1.88. The molecule has 1 atom stereocenters. The number of carbonyl (C=O) groups is 2. The van der Waals surface area contributed by atoms with E-state index in [1.165, 1.54) is 116 Å². The van der Waals surface area contributed by atoms with Gasteiger partial charge in [-0.3, -0.25) is 9.59 Å². The topological polar surface area (TPSA) is 72.8 Å². The Labute approximate surface area is 291 Å². The fourth-order valence-electron chi connectivity index (χ4n) is 5.59. The van der Waals surface area contributed by atoms with E-state index in [1.54, 1.807) is 0 Å². The smallest absolute Gasteiger partial charge is 0.306 e. The van der Waals surface area contributed by atoms with Crippen molar-refractivity contribution in [3.05, 3.63) is 36.5 Å². The number of hydrogen-bond donors (Lipinski definition) is 1. The first-order valence-electron chi connectivity index (χ1n) is 20.0. The van der Waals surface area contributed by atoms with Crippen LogP contribution in [0.5, 0.6) is 0 Å².